The second-order valence-corrected chi connectivity index (χ2v) is 7.47. The first-order valence-corrected chi connectivity index (χ1v) is 10.3. The van der Waals surface area contributed by atoms with Crippen molar-refractivity contribution >= 4 is 17.8 Å². The molecule has 2 rings (SSSR count). The normalized spacial score (nSPS) is 18.2. The number of benzene rings is 1. The van der Waals surface area contributed by atoms with Gasteiger partial charge < -0.3 is 19.5 Å². The van der Waals surface area contributed by atoms with Crippen LogP contribution in [0.4, 0.5) is 0 Å². The van der Waals surface area contributed by atoms with Gasteiger partial charge in [0.25, 0.3) is 0 Å². The van der Waals surface area contributed by atoms with E-state index in [0.717, 1.165) is 24.2 Å². The lowest BCUT2D eigenvalue weighted by atomic mass is 9.78. The number of esters is 2. The minimum atomic E-state index is -0.516. The molecular formula is C23H31NO6. The Balaban J connectivity index is 1.78. The van der Waals surface area contributed by atoms with E-state index in [1.165, 1.54) is 0 Å². The second-order valence-electron chi connectivity index (χ2n) is 7.47. The third-order valence-corrected chi connectivity index (χ3v) is 5.19. The summed E-state index contributed by atoms with van der Waals surface area (Å²) in [6, 6.07) is 7.70. The third kappa shape index (κ3) is 7.21. The Hall–Kier alpha value is -2.83. The van der Waals surface area contributed by atoms with E-state index < -0.39 is 17.9 Å². The highest BCUT2D eigenvalue weighted by atomic mass is 16.6. The van der Waals surface area contributed by atoms with Gasteiger partial charge in [0, 0.05) is 12.1 Å². The van der Waals surface area contributed by atoms with Crippen LogP contribution < -0.4 is 10.1 Å². The van der Waals surface area contributed by atoms with E-state index in [9.17, 15) is 14.4 Å². The van der Waals surface area contributed by atoms with E-state index in [4.69, 9.17) is 14.2 Å². The standard InChI is InChI=1S/C23H31NO6/c1-16(2)22(26)29-14-15-30-23(27)20-7-5-4-6-19(20)21(25)24-13-12-17-8-10-18(28-3)11-9-17/h8-11,19-20H,1,4-7,12-15H2,2-3H3,(H,24,25). The molecule has 1 fully saturated rings. The first kappa shape index (κ1) is 23.4. The van der Waals surface area contributed by atoms with Crippen LogP contribution in [0.5, 0.6) is 5.75 Å². The molecule has 1 amide bonds. The predicted molar refractivity (Wildman–Crippen MR) is 112 cm³/mol. The van der Waals surface area contributed by atoms with E-state index in [2.05, 4.69) is 11.9 Å². The molecule has 0 spiro atoms. The van der Waals surface area contributed by atoms with Gasteiger partial charge in [-0.3, -0.25) is 9.59 Å². The predicted octanol–water partition coefficient (Wildman–Crippen LogP) is 2.82. The maximum Gasteiger partial charge on any atom is 0.333 e. The van der Waals surface area contributed by atoms with Crippen molar-refractivity contribution in [1.82, 2.24) is 5.32 Å². The number of nitrogens with one attached hydrogen (secondary N) is 1. The lowest BCUT2D eigenvalue weighted by molar-refractivity contribution is -0.158. The fourth-order valence-electron chi connectivity index (χ4n) is 3.49. The van der Waals surface area contributed by atoms with Crippen LogP contribution in [-0.2, 0) is 30.3 Å². The number of amides is 1. The summed E-state index contributed by atoms with van der Waals surface area (Å²) in [5, 5.41) is 2.95. The molecule has 0 saturated heterocycles. The van der Waals surface area contributed by atoms with Crippen LogP contribution in [0.15, 0.2) is 36.4 Å². The average Bonchev–Trinajstić information content (AvgIpc) is 2.76. The fraction of sp³-hybridized carbons (Fsp3) is 0.522. The zero-order chi connectivity index (χ0) is 21.9. The van der Waals surface area contributed by atoms with Crippen molar-refractivity contribution < 1.29 is 28.6 Å². The highest BCUT2D eigenvalue weighted by Gasteiger charge is 2.36. The van der Waals surface area contributed by atoms with Gasteiger partial charge in [0.15, 0.2) is 0 Å². The summed E-state index contributed by atoms with van der Waals surface area (Å²) < 4.78 is 15.3. The SMILES string of the molecule is C=C(C)C(=O)OCCOC(=O)C1CCCCC1C(=O)NCCc1ccc(OC)cc1. The van der Waals surface area contributed by atoms with Crippen molar-refractivity contribution in [1.29, 1.82) is 0 Å². The molecule has 2 atom stereocenters. The molecule has 7 nitrogen and oxygen atoms in total. The smallest absolute Gasteiger partial charge is 0.333 e. The fourth-order valence-corrected chi connectivity index (χ4v) is 3.49. The van der Waals surface area contributed by atoms with E-state index in [0.29, 0.717) is 31.4 Å². The Morgan fingerprint density at radius 1 is 1.03 bits per heavy atom. The van der Waals surface area contributed by atoms with Crippen molar-refractivity contribution in [3.63, 3.8) is 0 Å². The number of rotatable bonds is 10. The topological polar surface area (TPSA) is 90.9 Å². The molecule has 0 aliphatic heterocycles. The van der Waals surface area contributed by atoms with E-state index in [1.54, 1.807) is 14.0 Å². The molecule has 0 heterocycles. The van der Waals surface area contributed by atoms with Gasteiger partial charge in [0.2, 0.25) is 5.91 Å². The van der Waals surface area contributed by atoms with E-state index in [-0.39, 0.29) is 25.0 Å². The lowest BCUT2D eigenvalue weighted by Gasteiger charge is -2.29. The molecule has 1 aromatic carbocycles. The van der Waals surface area contributed by atoms with Crippen LogP contribution in [0, 0.1) is 11.8 Å². The third-order valence-electron chi connectivity index (χ3n) is 5.19. The Labute approximate surface area is 177 Å². The van der Waals surface area contributed by atoms with Crippen LogP contribution in [0.2, 0.25) is 0 Å². The lowest BCUT2D eigenvalue weighted by Crippen LogP contribution is -2.41. The number of carbonyl (C=O) groups excluding carboxylic acids is 3. The summed E-state index contributed by atoms with van der Waals surface area (Å²) in [6.07, 6.45) is 3.79. The summed E-state index contributed by atoms with van der Waals surface area (Å²) >= 11 is 0. The first-order valence-electron chi connectivity index (χ1n) is 10.3. The Bertz CT molecular complexity index is 743. The van der Waals surface area contributed by atoms with Crippen LogP contribution >= 0.6 is 0 Å². The number of ether oxygens (including phenoxy) is 3. The van der Waals surface area contributed by atoms with Gasteiger partial charge in [-0.2, -0.15) is 0 Å². The van der Waals surface area contributed by atoms with E-state index in [1.807, 2.05) is 24.3 Å². The zero-order valence-corrected chi connectivity index (χ0v) is 17.8. The molecule has 1 saturated carbocycles. The minimum Gasteiger partial charge on any atom is -0.497 e. The molecule has 1 aliphatic carbocycles. The van der Waals surface area contributed by atoms with Crippen LogP contribution in [0.3, 0.4) is 0 Å². The summed E-state index contributed by atoms with van der Waals surface area (Å²) in [7, 11) is 1.62. The number of carbonyl (C=O) groups is 3. The van der Waals surface area contributed by atoms with Gasteiger partial charge in [0.05, 0.1) is 18.9 Å². The summed E-state index contributed by atoms with van der Waals surface area (Å²) in [4.78, 5) is 36.5. The summed E-state index contributed by atoms with van der Waals surface area (Å²) in [6.45, 7) is 5.49. The monoisotopic (exact) mass is 417 g/mol. The summed E-state index contributed by atoms with van der Waals surface area (Å²) in [5.74, 6) is -1.09. The average molecular weight is 418 g/mol. The molecule has 164 valence electrons. The highest BCUT2D eigenvalue weighted by molar-refractivity contribution is 5.87. The van der Waals surface area contributed by atoms with Crippen molar-refractivity contribution in [3.8, 4) is 5.75 Å². The molecule has 1 aliphatic rings. The van der Waals surface area contributed by atoms with Crippen LogP contribution in [0.1, 0.15) is 38.2 Å². The van der Waals surface area contributed by atoms with Gasteiger partial charge in [-0.25, -0.2) is 4.79 Å². The molecule has 0 aromatic heterocycles. The Morgan fingerprint density at radius 3 is 2.30 bits per heavy atom. The molecule has 0 bridgehead atoms. The molecule has 2 unspecified atom stereocenters. The molecule has 0 radical (unpaired) electrons. The number of hydrogen-bond acceptors (Lipinski definition) is 6. The van der Waals surface area contributed by atoms with Gasteiger partial charge >= 0.3 is 11.9 Å². The van der Waals surface area contributed by atoms with E-state index >= 15 is 0 Å². The van der Waals surface area contributed by atoms with Crippen LogP contribution in [0.25, 0.3) is 0 Å². The summed E-state index contributed by atoms with van der Waals surface area (Å²) in [5.41, 5.74) is 1.39. The second kappa shape index (κ2) is 12.0. The molecular weight excluding hydrogens is 386 g/mol. The molecule has 1 N–H and O–H groups in total. The quantitative estimate of drug-likeness (QED) is 0.358. The van der Waals surface area contributed by atoms with Crippen molar-refractivity contribution in [2.45, 2.75) is 39.0 Å². The van der Waals surface area contributed by atoms with Gasteiger partial charge in [-0.05, 0) is 43.9 Å². The number of methoxy groups -OCH3 is 1. The van der Waals surface area contributed by atoms with Gasteiger partial charge in [0.1, 0.15) is 19.0 Å². The Morgan fingerprint density at radius 2 is 1.67 bits per heavy atom. The first-order chi connectivity index (χ1) is 14.4. The maximum atomic E-state index is 12.7. The molecule has 30 heavy (non-hydrogen) atoms. The minimum absolute atomic E-state index is 0.0249. The highest BCUT2D eigenvalue weighted by Crippen LogP contribution is 2.31. The zero-order valence-electron chi connectivity index (χ0n) is 17.8. The van der Waals surface area contributed by atoms with Crippen LogP contribution in [-0.4, -0.2) is 44.7 Å². The van der Waals surface area contributed by atoms with Crippen molar-refractivity contribution in [2.75, 3.05) is 26.9 Å². The van der Waals surface area contributed by atoms with Gasteiger partial charge in [-0.1, -0.05) is 31.6 Å². The van der Waals surface area contributed by atoms with Crippen molar-refractivity contribution in [3.05, 3.63) is 42.0 Å². The van der Waals surface area contributed by atoms with Crippen molar-refractivity contribution in [2.24, 2.45) is 11.8 Å². The molecule has 1 aromatic rings. The largest absolute Gasteiger partial charge is 0.497 e. The molecule has 7 heteroatoms. The maximum absolute atomic E-state index is 12.7. The number of hydrogen-bond donors (Lipinski definition) is 1. The van der Waals surface area contributed by atoms with Gasteiger partial charge in [-0.15, -0.1) is 0 Å². The Kier molecular flexibility index (Phi) is 9.38.